The summed E-state index contributed by atoms with van der Waals surface area (Å²) in [5, 5.41) is 6.13. The second-order valence-corrected chi connectivity index (χ2v) is 5.98. The predicted octanol–water partition coefficient (Wildman–Crippen LogP) is 5.28. The van der Waals surface area contributed by atoms with Crippen LogP contribution in [0.3, 0.4) is 0 Å². The summed E-state index contributed by atoms with van der Waals surface area (Å²) >= 11 is 3.64. The molecule has 0 radical (unpaired) electrons. The molecular formula is C18H18BrNO. The summed E-state index contributed by atoms with van der Waals surface area (Å²) in [6.07, 6.45) is 4.66. The highest BCUT2D eigenvalue weighted by Gasteiger charge is 2.17. The average Bonchev–Trinajstić information content (AvgIpc) is 3.04. The SMILES string of the molecule is CCCNC(c1ccoc1)c1ccc(Br)c2ccccc12. The number of hydrogen-bond donors (Lipinski definition) is 1. The van der Waals surface area contributed by atoms with Crippen LogP contribution < -0.4 is 5.32 Å². The van der Waals surface area contributed by atoms with Crippen molar-refractivity contribution in [3.8, 4) is 0 Å². The molecule has 3 rings (SSSR count). The maximum Gasteiger partial charge on any atom is 0.0953 e. The van der Waals surface area contributed by atoms with Crippen molar-refractivity contribution in [2.45, 2.75) is 19.4 Å². The van der Waals surface area contributed by atoms with Crippen molar-refractivity contribution in [3.05, 3.63) is 70.6 Å². The minimum atomic E-state index is 0.154. The quantitative estimate of drug-likeness (QED) is 0.681. The average molecular weight is 344 g/mol. The van der Waals surface area contributed by atoms with E-state index in [1.807, 2.05) is 12.3 Å². The zero-order valence-electron chi connectivity index (χ0n) is 12.0. The number of benzene rings is 2. The molecule has 1 N–H and O–H groups in total. The van der Waals surface area contributed by atoms with Gasteiger partial charge in [0.25, 0.3) is 0 Å². The van der Waals surface area contributed by atoms with E-state index in [2.05, 4.69) is 64.6 Å². The number of halogens is 1. The molecule has 0 fully saturated rings. The summed E-state index contributed by atoms with van der Waals surface area (Å²) in [4.78, 5) is 0. The molecule has 0 amide bonds. The van der Waals surface area contributed by atoms with Crippen LogP contribution in [0.15, 0.2) is 63.9 Å². The maximum absolute atomic E-state index is 5.28. The second kappa shape index (κ2) is 6.46. The van der Waals surface area contributed by atoms with Gasteiger partial charge in [-0.25, -0.2) is 0 Å². The Morgan fingerprint density at radius 1 is 1.10 bits per heavy atom. The first kappa shape index (κ1) is 14.4. The summed E-state index contributed by atoms with van der Waals surface area (Å²) in [7, 11) is 0. The van der Waals surface area contributed by atoms with Crippen LogP contribution in [-0.2, 0) is 0 Å². The lowest BCUT2D eigenvalue weighted by Gasteiger charge is -2.20. The lowest BCUT2D eigenvalue weighted by molar-refractivity contribution is 0.549. The molecular weight excluding hydrogens is 326 g/mol. The third-order valence-electron chi connectivity index (χ3n) is 3.69. The molecule has 0 bridgehead atoms. The van der Waals surface area contributed by atoms with Gasteiger partial charge in [0, 0.05) is 10.0 Å². The van der Waals surface area contributed by atoms with E-state index in [1.54, 1.807) is 6.26 Å². The highest BCUT2D eigenvalue weighted by molar-refractivity contribution is 9.10. The monoisotopic (exact) mass is 343 g/mol. The Kier molecular flexibility index (Phi) is 4.42. The van der Waals surface area contributed by atoms with Gasteiger partial charge in [-0.3, -0.25) is 0 Å². The summed E-state index contributed by atoms with van der Waals surface area (Å²) in [6.45, 7) is 3.15. The Balaban J connectivity index is 2.13. The summed E-state index contributed by atoms with van der Waals surface area (Å²) in [5.41, 5.74) is 2.44. The molecule has 0 saturated carbocycles. The summed E-state index contributed by atoms with van der Waals surface area (Å²) < 4.78 is 6.41. The molecule has 0 aliphatic heterocycles. The van der Waals surface area contributed by atoms with Crippen molar-refractivity contribution < 1.29 is 4.42 Å². The summed E-state index contributed by atoms with van der Waals surface area (Å²) in [5.74, 6) is 0. The lowest BCUT2D eigenvalue weighted by atomic mass is 9.95. The van der Waals surface area contributed by atoms with E-state index in [4.69, 9.17) is 4.42 Å². The number of furan rings is 1. The minimum Gasteiger partial charge on any atom is -0.472 e. The zero-order valence-corrected chi connectivity index (χ0v) is 13.6. The van der Waals surface area contributed by atoms with Crippen LogP contribution in [0.1, 0.15) is 30.5 Å². The van der Waals surface area contributed by atoms with Crippen LogP contribution in [0.2, 0.25) is 0 Å². The highest BCUT2D eigenvalue weighted by Crippen LogP contribution is 2.33. The van der Waals surface area contributed by atoms with E-state index >= 15 is 0 Å². The minimum absolute atomic E-state index is 0.154. The molecule has 1 aromatic heterocycles. The molecule has 3 aromatic rings. The second-order valence-electron chi connectivity index (χ2n) is 5.13. The van der Waals surface area contributed by atoms with E-state index in [-0.39, 0.29) is 6.04 Å². The van der Waals surface area contributed by atoms with Crippen molar-refractivity contribution >= 4 is 26.7 Å². The first-order chi connectivity index (χ1) is 10.3. The fraction of sp³-hybridized carbons (Fsp3) is 0.222. The normalized spacial score (nSPS) is 12.7. The Labute approximate surface area is 133 Å². The van der Waals surface area contributed by atoms with Gasteiger partial charge in [-0.15, -0.1) is 0 Å². The molecule has 3 heteroatoms. The van der Waals surface area contributed by atoms with Gasteiger partial charge in [0.05, 0.1) is 18.6 Å². The smallest absolute Gasteiger partial charge is 0.0953 e. The van der Waals surface area contributed by atoms with E-state index in [1.165, 1.54) is 16.3 Å². The van der Waals surface area contributed by atoms with Crippen molar-refractivity contribution in [3.63, 3.8) is 0 Å². The number of hydrogen-bond acceptors (Lipinski definition) is 2. The van der Waals surface area contributed by atoms with E-state index in [0.29, 0.717) is 0 Å². The molecule has 0 saturated heterocycles. The molecule has 2 aromatic carbocycles. The van der Waals surface area contributed by atoms with Crippen LogP contribution in [0, 0.1) is 0 Å². The predicted molar refractivity (Wildman–Crippen MR) is 90.5 cm³/mol. The van der Waals surface area contributed by atoms with Gasteiger partial charge in [0.1, 0.15) is 0 Å². The van der Waals surface area contributed by atoms with Gasteiger partial charge in [0.15, 0.2) is 0 Å². The van der Waals surface area contributed by atoms with Gasteiger partial charge < -0.3 is 9.73 Å². The molecule has 21 heavy (non-hydrogen) atoms. The van der Waals surface area contributed by atoms with Gasteiger partial charge in [-0.2, -0.15) is 0 Å². The van der Waals surface area contributed by atoms with Crippen molar-refractivity contribution in [2.75, 3.05) is 6.54 Å². The van der Waals surface area contributed by atoms with Crippen molar-refractivity contribution in [1.29, 1.82) is 0 Å². The van der Waals surface area contributed by atoms with Crippen LogP contribution >= 0.6 is 15.9 Å². The van der Waals surface area contributed by atoms with Crippen molar-refractivity contribution in [2.24, 2.45) is 0 Å². The topological polar surface area (TPSA) is 25.2 Å². The van der Waals surface area contributed by atoms with E-state index < -0.39 is 0 Å². The van der Waals surface area contributed by atoms with Gasteiger partial charge >= 0.3 is 0 Å². The van der Waals surface area contributed by atoms with Gasteiger partial charge in [-0.05, 0) is 41.4 Å². The third kappa shape index (κ3) is 2.89. The molecule has 0 spiro atoms. The Hall–Kier alpha value is -1.58. The van der Waals surface area contributed by atoms with Crippen LogP contribution in [-0.4, -0.2) is 6.54 Å². The Morgan fingerprint density at radius 2 is 1.90 bits per heavy atom. The molecule has 0 aliphatic rings. The van der Waals surface area contributed by atoms with Crippen LogP contribution in [0.25, 0.3) is 10.8 Å². The lowest BCUT2D eigenvalue weighted by Crippen LogP contribution is -2.23. The highest BCUT2D eigenvalue weighted by atomic mass is 79.9. The first-order valence-electron chi connectivity index (χ1n) is 7.24. The van der Waals surface area contributed by atoms with Gasteiger partial charge in [-0.1, -0.05) is 53.2 Å². The molecule has 0 aliphatic carbocycles. The third-order valence-corrected chi connectivity index (χ3v) is 4.38. The Bertz CT molecular complexity index is 721. The summed E-state index contributed by atoms with van der Waals surface area (Å²) in [6, 6.07) is 15.0. The van der Waals surface area contributed by atoms with Crippen molar-refractivity contribution in [1.82, 2.24) is 5.32 Å². The standard InChI is InChI=1S/C18H18BrNO/c1-2-10-20-18(13-9-11-21-12-13)16-7-8-17(19)15-6-4-3-5-14(15)16/h3-9,11-12,18,20H,2,10H2,1H3. The largest absolute Gasteiger partial charge is 0.472 e. The zero-order chi connectivity index (χ0) is 14.7. The number of rotatable bonds is 5. The van der Waals surface area contributed by atoms with E-state index in [0.717, 1.165) is 23.0 Å². The Morgan fingerprint density at radius 3 is 2.62 bits per heavy atom. The van der Waals surface area contributed by atoms with E-state index in [9.17, 15) is 0 Å². The number of nitrogens with one attached hydrogen (secondary N) is 1. The van der Waals surface area contributed by atoms with Gasteiger partial charge in [0.2, 0.25) is 0 Å². The molecule has 1 atom stereocenters. The molecule has 1 heterocycles. The van der Waals surface area contributed by atoms with Crippen LogP contribution in [0.5, 0.6) is 0 Å². The molecule has 2 nitrogen and oxygen atoms in total. The maximum atomic E-state index is 5.28. The number of fused-ring (bicyclic) bond motifs is 1. The van der Waals surface area contributed by atoms with Crippen LogP contribution in [0.4, 0.5) is 0 Å². The fourth-order valence-electron chi connectivity index (χ4n) is 2.67. The fourth-order valence-corrected chi connectivity index (χ4v) is 3.15. The first-order valence-corrected chi connectivity index (χ1v) is 8.03. The molecule has 108 valence electrons. The molecule has 1 unspecified atom stereocenters.